The summed E-state index contributed by atoms with van der Waals surface area (Å²) in [5.74, 6) is 0.298. The molecule has 2 aliphatic rings. The second-order valence-corrected chi connectivity index (χ2v) is 6.03. The zero-order chi connectivity index (χ0) is 16.6. The summed E-state index contributed by atoms with van der Waals surface area (Å²) in [5, 5.41) is 0.536. The molecule has 0 fully saturated rings. The van der Waals surface area contributed by atoms with Crippen molar-refractivity contribution < 1.29 is 0 Å². The Morgan fingerprint density at radius 2 is 2.04 bits per heavy atom. The summed E-state index contributed by atoms with van der Waals surface area (Å²) in [5.41, 5.74) is 0.324. The second-order valence-electron chi connectivity index (χ2n) is 5.60. The summed E-state index contributed by atoms with van der Waals surface area (Å²) < 4.78 is 1.86. The van der Waals surface area contributed by atoms with Gasteiger partial charge in [0.05, 0.1) is 11.0 Å². The third kappa shape index (κ3) is 3.11. The van der Waals surface area contributed by atoms with Crippen molar-refractivity contribution in [2.75, 3.05) is 20.6 Å². The summed E-state index contributed by atoms with van der Waals surface area (Å²) in [7, 11) is 3.98. The maximum atomic E-state index is 12.0. The normalized spacial score (nSPS) is 11.7. The number of benzene rings is 1. The second kappa shape index (κ2) is 6.10. The fourth-order valence-corrected chi connectivity index (χ4v) is 2.71. The molecule has 0 saturated carbocycles. The SMILES string of the molecule is CN(C)CCCn1c2nc(=O)[nH]c(=O)c-2nc2cc(Cl)ccc21. The minimum absolute atomic E-state index is 0.143. The van der Waals surface area contributed by atoms with E-state index in [-0.39, 0.29) is 5.69 Å². The highest BCUT2D eigenvalue weighted by molar-refractivity contribution is 6.31. The topological polar surface area (TPSA) is 83.9 Å². The van der Waals surface area contributed by atoms with Crippen molar-refractivity contribution in [3.63, 3.8) is 0 Å². The Kier molecular flexibility index (Phi) is 4.14. The molecule has 2 heterocycles. The molecule has 120 valence electrons. The van der Waals surface area contributed by atoms with Gasteiger partial charge in [0.25, 0.3) is 5.56 Å². The van der Waals surface area contributed by atoms with E-state index in [1.54, 1.807) is 12.1 Å². The first kappa shape index (κ1) is 15.6. The molecule has 23 heavy (non-hydrogen) atoms. The minimum Gasteiger partial charge on any atom is -0.322 e. The van der Waals surface area contributed by atoms with Crippen molar-refractivity contribution in [1.29, 1.82) is 0 Å². The molecule has 0 atom stereocenters. The Balaban J connectivity index is 2.26. The lowest BCUT2D eigenvalue weighted by Gasteiger charge is -2.17. The summed E-state index contributed by atoms with van der Waals surface area (Å²) in [6.45, 7) is 1.49. The van der Waals surface area contributed by atoms with Gasteiger partial charge in [-0.3, -0.25) is 9.78 Å². The highest BCUT2D eigenvalue weighted by Crippen LogP contribution is 2.23. The standard InChI is InChI=1S/C15H16ClN5O2/c1-20(2)6-3-7-21-11-5-4-9(16)8-10(11)17-12-13(21)18-15(23)19-14(12)22/h4-5,8H,3,6-7H2,1-2H3,(H,19,22,23). The van der Waals surface area contributed by atoms with Crippen LogP contribution in [0, 0.1) is 0 Å². The van der Waals surface area contributed by atoms with E-state index in [9.17, 15) is 9.59 Å². The van der Waals surface area contributed by atoms with Crippen molar-refractivity contribution in [2.45, 2.75) is 13.0 Å². The van der Waals surface area contributed by atoms with Crippen LogP contribution in [0.25, 0.3) is 22.6 Å². The summed E-state index contributed by atoms with van der Waals surface area (Å²) in [6, 6.07) is 5.28. The molecule has 0 spiro atoms. The number of rotatable bonds is 4. The third-order valence-corrected chi connectivity index (χ3v) is 3.79. The lowest BCUT2D eigenvalue weighted by molar-refractivity contribution is 0.387. The van der Waals surface area contributed by atoms with Crippen LogP contribution in [0.3, 0.4) is 0 Å². The lowest BCUT2D eigenvalue weighted by Crippen LogP contribution is -2.29. The van der Waals surface area contributed by atoms with Crippen LogP contribution in [-0.4, -0.2) is 45.1 Å². The zero-order valence-electron chi connectivity index (χ0n) is 12.8. The molecule has 1 aromatic rings. The van der Waals surface area contributed by atoms with Crippen LogP contribution < -0.4 is 11.2 Å². The highest BCUT2D eigenvalue weighted by atomic mass is 35.5. The number of H-pyrrole nitrogens is 1. The lowest BCUT2D eigenvalue weighted by atomic mass is 10.2. The molecular formula is C15H16ClN5O2. The number of halogens is 1. The minimum atomic E-state index is -0.668. The van der Waals surface area contributed by atoms with Gasteiger partial charge in [-0.2, -0.15) is 4.98 Å². The Morgan fingerprint density at radius 3 is 2.78 bits per heavy atom. The predicted octanol–water partition coefficient (Wildman–Crippen LogP) is 1.19. The fraction of sp³-hybridized carbons (Fsp3) is 0.333. The van der Waals surface area contributed by atoms with Gasteiger partial charge in [-0.15, -0.1) is 0 Å². The van der Waals surface area contributed by atoms with Gasteiger partial charge in [-0.1, -0.05) is 11.6 Å². The number of hydrogen-bond acceptors (Lipinski definition) is 5. The number of aromatic nitrogens is 4. The maximum Gasteiger partial charge on any atom is 0.349 e. The van der Waals surface area contributed by atoms with Gasteiger partial charge in [0.1, 0.15) is 0 Å². The van der Waals surface area contributed by atoms with Gasteiger partial charge in [0, 0.05) is 11.6 Å². The molecule has 0 aromatic heterocycles. The number of fused-ring (bicyclic) bond motifs is 2. The Labute approximate surface area is 136 Å². The van der Waals surface area contributed by atoms with Crippen LogP contribution in [0.15, 0.2) is 27.8 Å². The summed E-state index contributed by atoms with van der Waals surface area (Å²) >= 11 is 6.03. The van der Waals surface area contributed by atoms with E-state index in [0.717, 1.165) is 18.5 Å². The van der Waals surface area contributed by atoms with Gasteiger partial charge in [-0.25, -0.2) is 9.78 Å². The molecule has 7 nitrogen and oxygen atoms in total. The number of nitrogens with zero attached hydrogens (tertiary/aromatic N) is 4. The Morgan fingerprint density at radius 1 is 1.26 bits per heavy atom. The van der Waals surface area contributed by atoms with Gasteiger partial charge in [0.2, 0.25) is 0 Å². The van der Waals surface area contributed by atoms with E-state index in [1.165, 1.54) is 0 Å². The molecule has 3 rings (SSSR count). The van der Waals surface area contributed by atoms with E-state index in [0.29, 0.717) is 22.9 Å². The van der Waals surface area contributed by atoms with Crippen LogP contribution in [0.2, 0.25) is 5.02 Å². The summed E-state index contributed by atoms with van der Waals surface area (Å²) in [4.78, 5) is 36.1. The number of nitrogens with one attached hydrogen (secondary N) is 1. The van der Waals surface area contributed by atoms with Crippen LogP contribution >= 0.6 is 11.6 Å². The molecule has 0 amide bonds. The molecule has 8 heteroatoms. The molecule has 1 N–H and O–H groups in total. The van der Waals surface area contributed by atoms with Crippen molar-refractivity contribution in [1.82, 2.24) is 24.4 Å². The first-order chi connectivity index (χ1) is 11.0. The molecule has 1 aromatic carbocycles. The Bertz CT molecular complexity index is 947. The number of aryl methyl sites for hydroxylation is 1. The van der Waals surface area contributed by atoms with Gasteiger partial charge < -0.3 is 9.47 Å². The van der Waals surface area contributed by atoms with Gasteiger partial charge in [0.15, 0.2) is 11.5 Å². The van der Waals surface area contributed by atoms with Crippen LogP contribution in [-0.2, 0) is 6.54 Å². The largest absolute Gasteiger partial charge is 0.349 e. The van der Waals surface area contributed by atoms with Gasteiger partial charge >= 0.3 is 5.69 Å². The van der Waals surface area contributed by atoms with Gasteiger partial charge in [-0.05, 0) is 45.3 Å². The maximum absolute atomic E-state index is 12.0. The molecule has 0 unspecified atom stereocenters. The van der Waals surface area contributed by atoms with Crippen molar-refractivity contribution in [3.8, 4) is 11.5 Å². The number of hydrogen-bond donors (Lipinski definition) is 1. The predicted molar refractivity (Wildman–Crippen MR) is 89.2 cm³/mol. The zero-order valence-corrected chi connectivity index (χ0v) is 13.6. The quantitative estimate of drug-likeness (QED) is 0.725. The summed E-state index contributed by atoms with van der Waals surface area (Å²) in [6.07, 6.45) is 0.844. The third-order valence-electron chi connectivity index (χ3n) is 3.56. The Hall–Kier alpha value is -2.25. The molecule has 0 saturated heterocycles. The van der Waals surface area contributed by atoms with E-state index >= 15 is 0 Å². The van der Waals surface area contributed by atoms with Crippen LogP contribution in [0.5, 0.6) is 0 Å². The van der Waals surface area contributed by atoms with Crippen molar-refractivity contribution in [3.05, 3.63) is 44.1 Å². The molecule has 2 aliphatic heterocycles. The van der Waals surface area contributed by atoms with Crippen LogP contribution in [0.4, 0.5) is 0 Å². The van der Waals surface area contributed by atoms with Crippen molar-refractivity contribution >= 4 is 22.6 Å². The monoisotopic (exact) mass is 333 g/mol. The molecule has 0 aliphatic carbocycles. The first-order valence-corrected chi connectivity index (χ1v) is 7.58. The average Bonchev–Trinajstić information content (AvgIpc) is 2.47. The van der Waals surface area contributed by atoms with E-state index in [2.05, 4.69) is 19.9 Å². The average molecular weight is 334 g/mol. The number of aromatic amines is 1. The highest BCUT2D eigenvalue weighted by Gasteiger charge is 2.18. The van der Waals surface area contributed by atoms with E-state index in [1.807, 2.05) is 24.7 Å². The fourth-order valence-electron chi connectivity index (χ4n) is 2.54. The smallest absolute Gasteiger partial charge is 0.322 e. The van der Waals surface area contributed by atoms with E-state index < -0.39 is 11.2 Å². The molecular weight excluding hydrogens is 318 g/mol. The van der Waals surface area contributed by atoms with Crippen molar-refractivity contribution in [2.24, 2.45) is 0 Å². The van der Waals surface area contributed by atoms with E-state index in [4.69, 9.17) is 11.6 Å². The molecule has 0 radical (unpaired) electrons. The molecule has 0 bridgehead atoms. The van der Waals surface area contributed by atoms with Crippen LogP contribution in [0.1, 0.15) is 6.42 Å². The first-order valence-electron chi connectivity index (χ1n) is 7.20.